The lowest BCUT2D eigenvalue weighted by Gasteiger charge is -2.38. The predicted octanol–water partition coefficient (Wildman–Crippen LogP) is 0.793. The lowest BCUT2D eigenvalue weighted by atomic mass is 10.1. The van der Waals surface area contributed by atoms with Crippen LogP contribution in [0.5, 0.6) is 0 Å². The quantitative estimate of drug-likeness (QED) is 0.687. The first-order valence-electron chi connectivity index (χ1n) is 9.05. The second kappa shape index (κ2) is 8.46. The van der Waals surface area contributed by atoms with Gasteiger partial charge in [0.25, 0.3) is 0 Å². The summed E-state index contributed by atoms with van der Waals surface area (Å²) in [6, 6.07) is 0.339. The van der Waals surface area contributed by atoms with Crippen molar-refractivity contribution in [2.24, 2.45) is 7.05 Å². The fraction of sp³-hybridized carbons (Fsp3) is 0.875. The van der Waals surface area contributed by atoms with Crippen LogP contribution in [0, 0.1) is 0 Å². The number of hydrogen-bond acceptors (Lipinski definition) is 7. The number of morpholine rings is 1. The van der Waals surface area contributed by atoms with Gasteiger partial charge in [0.1, 0.15) is 0 Å². The molecule has 2 aliphatic rings. The molecule has 3 heterocycles. The van der Waals surface area contributed by atoms with Gasteiger partial charge in [-0.25, -0.2) is 4.68 Å². The number of carbonyl (C=O) groups excluding carboxylic acids is 1. The largest absolute Gasteiger partial charge is 0.373 e. The second-order valence-corrected chi connectivity index (χ2v) is 8.10. The molecular formula is C16H28N6O2S. The number of likely N-dealkylation sites (tertiary alicyclic amines) is 1. The summed E-state index contributed by atoms with van der Waals surface area (Å²) in [6.07, 6.45) is 3.28. The number of nitrogens with zero attached hydrogens (tertiary/aromatic N) is 6. The average molecular weight is 369 g/mol. The van der Waals surface area contributed by atoms with Gasteiger partial charge in [0.15, 0.2) is 0 Å². The highest BCUT2D eigenvalue weighted by molar-refractivity contribution is 7.99. The Morgan fingerprint density at radius 2 is 2.08 bits per heavy atom. The number of hydrogen-bond donors (Lipinski definition) is 0. The van der Waals surface area contributed by atoms with Crippen LogP contribution in [-0.2, 0) is 16.6 Å². The summed E-state index contributed by atoms with van der Waals surface area (Å²) < 4.78 is 7.44. The number of ether oxygens (including phenoxy) is 1. The Labute approximate surface area is 153 Å². The van der Waals surface area contributed by atoms with Crippen molar-refractivity contribution in [1.82, 2.24) is 30.0 Å². The molecule has 140 valence electrons. The van der Waals surface area contributed by atoms with Gasteiger partial charge in [0.2, 0.25) is 11.1 Å². The van der Waals surface area contributed by atoms with E-state index in [-0.39, 0.29) is 18.1 Å². The molecular weight excluding hydrogens is 340 g/mol. The fourth-order valence-electron chi connectivity index (χ4n) is 3.80. The van der Waals surface area contributed by atoms with E-state index in [0.29, 0.717) is 18.2 Å². The summed E-state index contributed by atoms with van der Waals surface area (Å²) in [7, 11) is 1.81. The van der Waals surface area contributed by atoms with Crippen LogP contribution in [0.3, 0.4) is 0 Å². The van der Waals surface area contributed by atoms with Crippen molar-refractivity contribution >= 4 is 17.7 Å². The van der Waals surface area contributed by atoms with E-state index in [2.05, 4.69) is 39.2 Å². The minimum Gasteiger partial charge on any atom is -0.373 e. The van der Waals surface area contributed by atoms with Crippen LogP contribution < -0.4 is 0 Å². The number of aromatic nitrogens is 4. The SMILES string of the molecule is CC1CN(CC2CCCN2C(=O)CCSc2nnnn2C)CC(C)O1. The molecule has 0 N–H and O–H groups in total. The Bertz CT molecular complexity index is 573. The Hall–Kier alpha value is -1.19. The number of aryl methyl sites for hydroxylation is 1. The third-order valence-electron chi connectivity index (χ3n) is 4.79. The molecule has 1 aromatic heterocycles. The van der Waals surface area contributed by atoms with Crippen LogP contribution in [0.2, 0.25) is 0 Å². The van der Waals surface area contributed by atoms with Gasteiger partial charge in [0.05, 0.1) is 12.2 Å². The second-order valence-electron chi connectivity index (χ2n) is 7.04. The molecule has 0 bridgehead atoms. The van der Waals surface area contributed by atoms with Crippen LogP contribution in [0.4, 0.5) is 0 Å². The van der Waals surface area contributed by atoms with Crippen LogP contribution in [0.1, 0.15) is 33.1 Å². The summed E-state index contributed by atoms with van der Waals surface area (Å²) in [5.74, 6) is 0.960. The highest BCUT2D eigenvalue weighted by atomic mass is 32.2. The first kappa shape index (κ1) is 18.6. The minimum absolute atomic E-state index is 0.250. The molecule has 2 fully saturated rings. The molecule has 0 aliphatic carbocycles. The van der Waals surface area contributed by atoms with Gasteiger partial charge in [0, 0.05) is 51.4 Å². The van der Waals surface area contributed by atoms with Gasteiger partial charge in [-0.15, -0.1) is 5.10 Å². The standard InChI is InChI=1S/C16H28N6O2S/c1-12-9-21(10-13(2)24-12)11-14-5-4-7-22(14)15(23)6-8-25-16-17-18-19-20(16)3/h12-14H,4-11H2,1-3H3. The van der Waals surface area contributed by atoms with Crippen LogP contribution >= 0.6 is 11.8 Å². The molecule has 2 aliphatic heterocycles. The van der Waals surface area contributed by atoms with Crippen molar-refractivity contribution in [1.29, 1.82) is 0 Å². The van der Waals surface area contributed by atoms with Crippen molar-refractivity contribution in [3.63, 3.8) is 0 Å². The topological polar surface area (TPSA) is 76.4 Å². The zero-order chi connectivity index (χ0) is 17.8. The van der Waals surface area contributed by atoms with E-state index >= 15 is 0 Å². The zero-order valence-electron chi connectivity index (χ0n) is 15.3. The van der Waals surface area contributed by atoms with Crippen molar-refractivity contribution < 1.29 is 9.53 Å². The Morgan fingerprint density at radius 3 is 2.76 bits per heavy atom. The van der Waals surface area contributed by atoms with Crippen molar-refractivity contribution in [2.75, 3.05) is 31.9 Å². The van der Waals surface area contributed by atoms with Crippen LogP contribution in [0.15, 0.2) is 5.16 Å². The third kappa shape index (κ3) is 4.92. The molecule has 9 heteroatoms. The lowest BCUT2D eigenvalue weighted by Crippen LogP contribution is -2.51. The van der Waals surface area contributed by atoms with Crippen LogP contribution in [-0.4, -0.2) is 86.1 Å². The van der Waals surface area contributed by atoms with E-state index in [9.17, 15) is 4.79 Å². The molecule has 1 amide bonds. The number of tetrazole rings is 1. The third-order valence-corrected chi connectivity index (χ3v) is 5.80. The van der Waals surface area contributed by atoms with Crippen molar-refractivity contribution in [3.8, 4) is 0 Å². The van der Waals surface area contributed by atoms with E-state index in [1.165, 1.54) is 11.8 Å². The van der Waals surface area contributed by atoms with Gasteiger partial charge in [-0.2, -0.15) is 0 Å². The first-order valence-corrected chi connectivity index (χ1v) is 10.0. The molecule has 25 heavy (non-hydrogen) atoms. The average Bonchev–Trinajstić information content (AvgIpc) is 3.16. The molecule has 3 atom stereocenters. The van der Waals surface area contributed by atoms with Crippen LogP contribution in [0.25, 0.3) is 0 Å². The van der Waals surface area contributed by atoms with Gasteiger partial charge < -0.3 is 9.64 Å². The van der Waals surface area contributed by atoms with Crippen molar-refractivity contribution in [2.45, 2.75) is 56.5 Å². The maximum absolute atomic E-state index is 12.7. The zero-order valence-corrected chi connectivity index (χ0v) is 16.1. The molecule has 0 saturated carbocycles. The summed E-state index contributed by atoms with van der Waals surface area (Å²) in [6.45, 7) is 8.01. The number of carbonyl (C=O) groups is 1. The molecule has 3 rings (SSSR count). The van der Waals surface area contributed by atoms with Gasteiger partial charge in [-0.1, -0.05) is 11.8 Å². The molecule has 0 radical (unpaired) electrons. The van der Waals surface area contributed by atoms with Gasteiger partial charge >= 0.3 is 0 Å². The van der Waals surface area contributed by atoms with E-state index in [0.717, 1.165) is 44.2 Å². The normalized spacial score (nSPS) is 27.8. The minimum atomic E-state index is 0.250. The smallest absolute Gasteiger partial charge is 0.223 e. The monoisotopic (exact) mass is 368 g/mol. The van der Waals surface area contributed by atoms with Crippen molar-refractivity contribution in [3.05, 3.63) is 0 Å². The summed E-state index contributed by atoms with van der Waals surface area (Å²) in [5, 5.41) is 12.1. The highest BCUT2D eigenvalue weighted by Crippen LogP contribution is 2.22. The highest BCUT2D eigenvalue weighted by Gasteiger charge is 2.32. The Kier molecular flexibility index (Phi) is 6.29. The van der Waals surface area contributed by atoms with E-state index in [4.69, 9.17) is 4.74 Å². The Morgan fingerprint density at radius 1 is 1.32 bits per heavy atom. The molecule has 0 spiro atoms. The number of rotatable bonds is 6. The van der Waals surface area contributed by atoms with E-state index in [1.54, 1.807) is 4.68 Å². The maximum atomic E-state index is 12.7. The predicted molar refractivity (Wildman–Crippen MR) is 95.3 cm³/mol. The van der Waals surface area contributed by atoms with E-state index in [1.807, 2.05) is 7.05 Å². The Balaban J connectivity index is 1.47. The molecule has 3 unspecified atom stereocenters. The summed E-state index contributed by atoms with van der Waals surface area (Å²) >= 11 is 1.53. The van der Waals surface area contributed by atoms with Gasteiger partial charge in [-0.3, -0.25) is 9.69 Å². The molecule has 1 aromatic rings. The fourth-order valence-corrected chi connectivity index (χ4v) is 4.58. The number of amides is 1. The summed E-state index contributed by atoms with van der Waals surface area (Å²) in [5.41, 5.74) is 0. The van der Waals surface area contributed by atoms with E-state index < -0.39 is 0 Å². The van der Waals surface area contributed by atoms with Gasteiger partial charge in [-0.05, 0) is 37.1 Å². The first-order chi connectivity index (χ1) is 12.0. The molecule has 8 nitrogen and oxygen atoms in total. The maximum Gasteiger partial charge on any atom is 0.223 e. The molecule has 0 aromatic carbocycles. The molecule has 2 saturated heterocycles. The lowest BCUT2D eigenvalue weighted by molar-refractivity contribution is -0.132. The summed E-state index contributed by atoms with van der Waals surface area (Å²) in [4.78, 5) is 17.2. The number of thioether (sulfide) groups is 1.